The molecule has 6 rings (SSSR count). The Hall–Kier alpha value is -2.91. The van der Waals surface area contributed by atoms with Crippen molar-refractivity contribution in [2.75, 3.05) is 44.7 Å². The van der Waals surface area contributed by atoms with Crippen molar-refractivity contribution in [3.05, 3.63) is 52.3 Å². The Morgan fingerprint density at radius 3 is 2.36 bits per heavy atom. The molecule has 2 saturated carbocycles. The quantitative estimate of drug-likeness (QED) is 0.463. The van der Waals surface area contributed by atoms with Gasteiger partial charge in [-0.1, -0.05) is 29.3 Å². The number of sulfone groups is 1. The van der Waals surface area contributed by atoms with Gasteiger partial charge in [-0.3, -0.25) is 9.59 Å². The molecule has 0 bridgehead atoms. The average Bonchev–Trinajstić information content (AvgIpc) is 3.89. The molecule has 0 radical (unpaired) electrons. The number of pyridine rings is 1. The van der Waals surface area contributed by atoms with Crippen LogP contribution in [-0.2, 0) is 24.8 Å². The van der Waals surface area contributed by atoms with Crippen molar-refractivity contribution in [2.45, 2.75) is 59.2 Å². The van der Waals surface area contributed by atoms with E-state index >= 15 is 0 Å². The van der Waals surface area contributed by atoms with Gasteiger partial charge < -0.3 is 20.0 Å². The summed E-state index contributed by atoms with van der Waals surface area (Å²) in [6.07, 6.45) is 3.62. The molecule has 2 aliphatic heterocycles. The van der Waals surface area contributed by atoms with Crippen molar-refractivity contribution in [2.24, 2.45) is 0 Å². The van der Waals surface area contributed by atoms with Crippen LogP contribution < -0.4 is 10.2 Å². The van der Waals surface area contributed by atoms with Gasteiger partial charge in [0.05, 0.1) is 26.7 Å². The molecule has 1 aromatic heterocycles. The SMILES string of the molecule is CN1CCN(c2ccc(S(=O)(=O)C3CC(C(=O)NC4(C#N)CC4)N(C(=O)C4(c5ccc(Cl)nc5)CC4)C3)c(Cl)c2)CC1. The van der Waals surface area contributed by atoms with E-state index in [1.54, 1.807) is 30.5 Å². The van der Waals surface area contributed by atoms with Crippen molar-refractivity contribution in [1.29, 1.82) is 5.26 Å². The second kappa shape index (κ2) is 10.7. The highest BCUT2D eigenvalue weighted by atomic mass is 35.5. The van der Waals surface area contributed by atoms with Crippen LogP contribution in [0.4, 0.5) is 5.69 Å². The number of piperazine rings is 1. The van der Waals surface area contributed by atoms with Crippen molar-refractivity contribution in [3.63, 3.8) is 0 Å². The third kappa shape index (κ3) is 5.23. The van der Waals surface area contributed by atoms with E-state index in [9.17, 15) is 23.3 Å². The summed E-state index contributed by atoms with van der Waals surface area (Å²) in [7, 11) is -1.95. The predicted molar refractivity (Wildman–Crippen MR) is 158 cm³/mol. The maximum atomic E-state index is 14.1. The van der Waals surface area contributed by atoms with Gasteiger partial charge in [-0.2, -0.15) is 5.26 Å². The summed E-state index contributed by atoms with van der Waals surface area (Å²) >= 11 is 12.6. The van der Waals surface area contributed by atoms with Crippen molar-refractivity contribution in [1.82, 2.24) is 20.1 Å². The lowest BCUT2D eigenvalue weighted by molar-refractivity contribution is -0.140. The number of likely N-dealkylation sites (tertiary alicyclic amines) is 1. The van der Waals surface area contributed by atoms with Crippen LogP contribution in [0.2, 0.25) is 10.2 Å². The first-order valence-corrected chi connectivity index (χ1v) is 16.4. The highest BCUT2D eigenvalue weighted by Gasteiger charge is 2.58. The molecule has 4 aliphatic rings. The van der Waals surface area contributed by atoms with Crippen LogP contribution >= 0.6 is 23.2 Å². The molecule has 1 aromatic carbocycles. The number of nitrogens with zero attached hydrogens (tertiary/aromatic N) is 5. The fraction of sp³-hybridized carbons (Fsp3) is 0.517. The number of nitrogens with one attached hydrogen (secondary N) is 1. The number of likely N-dealkylation sites (N-methyl/N-ethyl adjacent to an activating group) is 1. The second-order valence-corrected chi connectivity index (χ2v) is 14.9. The number of carbonyl (C=O) groups is 2. The molecule has 10 nitrogen and oxygen atoms in total. The highest BCUT2D eigenvalue weighted by molar-refractivity contribution is 7.92. The monoisotopic (exact) mass is 630 g/mol. The Kier molecular flexibility index (Phi) is 7.41. The van der Waals surface area contributed by atoms with Crippen LogP contribution in [0, 0.1) is 11.3 Å². The van der Waals surface area contributed by atoms with Crippen LogP contribution in [0.15, 0.2) is 41.4 Å². The number of halogens is 2. The lowest BCUT2D eigenvalue weighted by Crippen LogP contribution is -2.51. The zero-order valence-corrected chi connectivity index (χ0v) is 25.6. The fourth-order valence-corrected chi connectivity index (χ4v) is 8.40. The number of benzene rings is 1. The molecule has 0 spiro atoms. The lowest BCUT2D eigenvalue weighted by atomic mass is 9.95. The van der Waals surface area contributed by atoms with Gasteiger partial charge in [0.1, 0.15) is 16.7 Å². The lowest BCUT2D eigenvalue weighted by Gasteiger charge is -2.34. The van der Waals surface area contributed by atoms with E-state index < -0.39 is 38.0 Å². The smallest absolute Gasteiger partial charge is 0.244 e. The topological polar surface area (TPSA) is 127 Å². The Morgan fingerprint density at radius 2 is 1.79 bits per heavy atom. The molecule has 2 aliphatic carbocycles. The summed E-state index contributed by atoms with van der Waals surface area (Å²) in [6.45, 7) is 3.26. The van der Waals surface area contributed by atoms with Crippen molar-refractivity contribution >= 4 is 50.5 Å². The van der Waals surface area contributed by atoms with E-state index in [0.29, 0.717) is 36.4 Å². The molecule has 2 atom stereocenters. The molecule has 3 heterocycles. The van der Waals surface area contributed by atoms with Crippen LogP contribution in [0.5, 0.6) is 0 Å². The second-order valence-electron chi connectivity index (χ2n) is 11.9. The van der Waals surface area contributed by atoms with Gasteiger partial charge >= 0.3 is 0 Å². The first-order chi connectivity index (χ1) is 20.0. The first-order valence-electron chi connectivity index (χ1n) is 14.1. The summed E-state index contributed by atoms with van der Waals surface area (Å²) < 4.78 is 28.0. The van der Waals surface area contributed by atoms with Gasteiger partial charge in [-0.25, -0.2) is 13.4 Å². The maximum Gasteiger partial charge on any atom is 0.244 e. The van der Waals surface area contributed by atoms with E-state index in [-0.39, 0.29) is 28.8 Å². The number of carbonyl (C=O) groups excluding carboxylic acids is 2. The van der Waals surface area contributed by atoms with Crippen LogP contribution in [0.25, 0.3) is 0 Å². The molecule has 2 amide bonds. The summed E-state index contributed by atoms with van der Waals surface area (Å²) in [5.41, 5.74) is -0.308. The van der Waals surface area contributed by atoms with Crippen molar-refractivity contribution in [3.8, 4) is 6.07 Å². The van der Waals surface area contributed by atoms with Gasteiger partial charge in [0.15, 0.2) is 9.84 Å². The minimum atomic E-state index is -4.01. The van der Waals surface area contributed by atoms with Crippen LogP contribution in [0.3, 0.4) is 0 Å². The first kappa shape index (κ1) is 29.2. The number of aromatic nitrogens is 1. The molecule has 2 aromatic rings. The molecular formula is C29H32Cl2N6O4S. The number of anilines is 1. The minimum absolute atomic E-state index is 0.0146. The number of hydrogen-bond donors (Lipinski definition) is 1. The molecule has 4 fully saturated rings. The zero-order chi connectivity index (χ0) is 29.9. The largest absolute Gasteiger partial charge is 0.369 e. The predicted octanol–water partition coefficient (Wildman–Crippen LogP) is 2.79. The Bertz CT molecular complexity index is 1560. The van der Waals surface area contributed by atoms with Gasteiger partial charge in [-0.15, -0.1) is 0 Å². The third-order valence-electron chi connectivity index (χ3n) is 9.12. The highest BCUT2D eigenvalue weighted by Crippen LogP contribution is 2.51. The normalized spacial score (nSPS) is 24.6. The number of rotatable bonds is 7. The van der Waals surface area contributed by atoms with Crippen molar-refractivity contribution < 1.29 is 18.0 Å². The third-order valence-corrected chi connectivity index (χ3v) is 12.0. The molecule has 222 valence electrons. The maximum absolute atomic E-state index is 14.1. The molecule has 1 N–H and O–H groups in total. The van der Waals surface area contributed by atoms with Crippen LogP contribution in [-0.4, -0.2) is 91.6 Å². The zero-order valence-electron chi connectivity index (χ0n) is 23.2. The standard InChI is InChI=1S/C29H32Cl2N6O4S/c1-35-10-12-36(13-11-35)20-3-4-24(22(30)14-20)42(40,41)21-15-23(26(38)34-28(18-32)6-7-28)37(17-21)27(39)29(8-9-29)19-2-5-25(31)33-16-19/h2-5,14,16,21,23H,6-13,15,17H2,1H3,(H,34,38). The molecule has 42 heavy (non-hydrogen) atoms. The Labute approximate surface area is 255 Å². The Balaban J connectivity index is 1.28. The molecule has 2 unspecified atom stereocenters. The van der Waals surface area contributed by atoms with E-state index in [1.165, 1.54) is 11.0 Å². The summed E-state index contributed by atoms with van der Waals surface area (Å²) in [5, 5.41) is 11.7. The number of nitriles is 1. The van der Waals surface area contributed by atoms with Gasteiger partial charge in [0.25, 0.3) is 0 Å². The summed E-state index contributed by atoms with van der Waals surface area (Å²) in [6, 6.07) is 9.43. The van der Waals surface area contributed by atoms with Gasteiger partial charge in [0.2, 0.25) is 11.8 Å². The summed E-state index contributed by atoms with van der Waals surface area (Å²) in [4.78, 5) is 37.5. The van der Waals surface area contributed by atoms with E-state index in [1.807, 2.05) is 0 Å². The number of amides is 2. The van der Waals surface area contributed by atoms with Gasteiger partial charge in [-0.05, 0) is 69.0 Å². The Morgan fingerprint density at radius 1 is 1.07 bits per heavy atom. The minimum Gasteiger partial charge on any atom is -0.369 e. The average molecular weight is 632 g/mol. The van der Waals surface area contributed by atoms with Gasteiger partial charge in [0, 0.05) is 44.6 Å². The van der Waals surface area contributed by atoms with E-state index in [4.69, 9.17) is 23.2 Å². The summed E-state index contributed by atoms with van der Waals surface area (Å²) in [5.74, 6) is -0.829. The van der Waals surface area contributed by atoms with E-state index in [2.05, 4.69) is 33.2 Å². The van der Waals surface area contributed by atoms with Crippen LogP contribution in [0.1, 0.15) is 37.7 Å². The molecular weight excluding hydrogens is 599 g/mol. The number of hydrogen-bond acceptors (Lipinski definition) is 8. The molecule has 13 heteroatoms. The fourth-order valence-electron chi connectivity index (χ4n) is 6.05. The molecule has 2 saturated heterocycles. The van der Waals surface area contributed by atoms with E-state index in [0.717, 1.165) is 31.9 Å².